The van der Waals surface area contributed by atoms with Crippen molar-refractivity contribution in [2.24, 2.45) is 5.73 Å². The summed E-state index contributed by atoms with van der Waals surface area (Å²) >= 11 is 0. The van der Waals surface area contributed by atoms with Crippen molar-refractivity contribution in [1.29, 1.82) is 0 Å². The van der Waals surface area contributed by atoms with Crippen LogP contribution in [0.15, 0.2) is 0 Å². The first-order valence-corrected chi connectivity index (χ1v) is 5.21. The highest BCUT2D eigenvalue weighted by atomic mass is 16.5. The molecule has 1 aromatic rings. The quantitative estimate of drug-likeness (QED) is 0.796. The van der Waals surface area contributed by atoms with Crippen LogP contribution in [0.5, 0.6) is 12.0 Å². The van der Waals surface area contributed by atoms with E-state index in [0.29, 0.717) is 5.82 Å². The van der Waals surface area contributed by atoms with Crippen molar-refractivity contribution in [2.75, 3.05) is 14.2 Å². The third-order valence-corrected chi connectivity index (χ3v) is 2.50. The van der Waals surface area contributed by atoms with Gasteiger partial charge in [0, 0.05) is 12.0 Å². The first-order chi connectivity index (χ1) is 7.62. The van der Waals surface area contributed by atoms with E-state index >= 15 is 0 Å². The van der Waals surface area contributed by atoms with Crippen LogP contribution in [0.2, 0.25) is 0 Å². The van der Waals surface area contributed by atoms with E-state index in [-0.39, 0.29) is 24.0 Å². The van der Waals surface area contributed by atoms with Crippen molar-refractivity contribution in [1.82, 2.24) is 15.0 Å². The van der Waals surface area contributed by atoms with Gasteiger partial charge in [0.15, 0.2) is 0 Å². The van der Waals surface area contributed by atoms with Crippen LogP contribution < -0.4 is 15.2 Å². The highest BCUT2D eigenvalue weighted by molar-refractivity contribution is 5.09. The number of hydrogen-bond acceptors (Lipinski definition) is 6. The zero-order valence-corrected chi connectivity index (χ0v) is 10.1. The summed E-state index contributed by atoms with van der Waals surface area (Å²) in [5, 5.41) is 0. The highest BCUT2D eigenvalue weighted by Crippen LogP contribution is 2.19. The monoisotopic (exact) mass is 226 g/mol. The molecule has 0 radical (unpaired) electrons. The molecule has 0 fully saturated rings. The maximum Gasteiger partial charge on any atom is 0.322 e. The molecular formula is C10H18N4O2. The van der Waals surface area contributed by atoms with E-state index in [0.717, 1.165) is 6.42 Å². The largest absolute Gasteiger partial charge is 0.467 e. The Morgan fingerprint density at radius 2 is 1.62 bits per heavy atom. The maximum absolute atomic E-state index is 5.95. The Bertz CT molecular complexity index is 323. The summed E-state index contributed by atoms with van der Waals surface area (Å²) < 4.78 is 9.96. The lowest BCUT2D eigenvalue weighted by atomic mass is 10.00. The van der Waals surface area contributed by atoms with Gasteiger partial charge in [0.1, 0.15) is 5.82 Å². The third kappa shape index (κ3) is 2.79. The first-order valence-electron chi connectivity index (χ1n) is 5.21. The number of nitrogens with zero attached hydrogens (tertiary/aromatic N) is 3. The standard InChI is InChI=1S/C10H18N4O2/c1-5-7(11)6(2)8-12-9(15-3)14-10(13-8)16-4/h6-7H,5,11H2,1-4H3. The smallest absolute Gasteiger partial charge is 0.322 e. The van der Waals surface area contributed by atoms with Crippen LogP contribution in [0.1, 0.15) is 32.0 Å². The number of hydrogen-bond donors (Lipinski definition) is 1. The van der Waals surface area contributed by atoms with Gasteiger partial charge in [-0.2, -0.15) is 9.97 Å². The molecular weight excluding hydrogens is 208 g/mol. The normalized spacial score (nSPS) is 14.3. The molecule has 0 aliphatic rings. The number of methoxy groups -OCH3 is 2. The van der Waals surface area contributed by atoms with Gasteiger partial charge in [-0.15, -0.1) is 4.98 Å². The molecule has 6 heteroatoms. The van der Waals surface area contributed by atoms with E-state index in [1.54, 1.807) is 0 Å². The Labute approximate surface area is 95.2 Å². The zero-order valence-electron chi connectivity index (χ0n) is 10.1. The van der Waals surface area contributed by atoms with E-state index in [4.69, 9.17) is 15.2 Å². The van der Waals surface area contributed by atoms with Gasteiger partial charge in [0.25, 0.3) is 0 Å². The molecule has 16 heavy (non-hydrogen) atoms. The lowest BCUT2D eigenvalue weighted by molar-refractivity contribution is 0.332. The van der Waals surface area contributed by atoms with Gasteiger partial charge in [-0.3, -0.25) is 0 Å². The van der Waals surface area contributed by atoms with Crippen LogP contribution in [0.25, 0.3) is 0 Å². The molecule has 0 aliphatic heterocycles. The minimum Gasteiger partial charge on any atom is -0.467 e. The van der Waals surface area contributed by atoms with Crippen LogP contribution in [0.4, 0.5) is 0 Å². The summed E-state index contributed by atoms with van der Waals surface area (Å²) in [6.45, 7) is 4.00. The predicted molar refractivity (Wildman–Crippen MR) is 59.6 cm³/mol. The minimum atomic E-state index is 0.0109. The van der Waals surface area contributed by atoms with Gasteiger partial charge >= 0.3 is 12.0 Å². The van der Waals surface area contributed by atoms with E-state index in [1.807, 2.05) is 13.8 Å². The molecule has 1 rings (SSSR count). The summed E-state index contributed by atoms with van der Waals surface area (Å²) in [6.07, 6.45) is 0.859. The SMILES string of the molecule is CCC(N)C(C)c1nc(OC)nc(OC)n1. The number of ether oxygens (including phenoxy) is 2. The summed E-state index contributed by atoms with van der Waals surface area (Å²) in [5.74, 6) is 0.633. The lowest BCUT2D eigenvalue weighted by Gasteiger charge is -2.17. The molecule has 0 bridgehead atoms. The van der Waals surface area contributed by atoms with Crippen molar-refractivity contribution >= 4 is 0 Å². The van der Waals surface area contributed by atoms with E-state index < -0.39 is 0 Å². The second-order valence-corrected chi connectivity index (χ2v) is 3.53. The second kappa shape index (κ2) is 5.60. The van der Waals surface area contributed by atoms with Crippen LogP contribution in [-0.4, -0.2) is 35.2 Å². The molecule has 90 valence electrons. The summed E-state index contributed by atoms with van der Waals surface area (Å²) in [5.41, 5.74) is 5.95. The fraction of sp³-hybridized carbons (Fsp3) is 0.700. The first kappa shape index (κ1) is 12.6. The Morgan fingerprint density at radius 1 is 1.12 bits per heavy atom. The molecule has 0 amide bonds. The van der Waals surface area contributed by atoms with Gasteiger partial charge in [-0.05, 0) is 6.42 Å². The minimum absolute atomic E-state index is 0.0109. The molecule has 0 saturated carbocycles. The molecule has 0 spiro atoms. The van der Waals surface area contributed by atoms with Crippen LogP contribution in [0.3, 0.4) is 0 Å². The lowest BCUT2D eigenvalue weighted by Crippen LogP contribution is -2.27. The topological polar surface area (TPSA) is 83.2 Å². The van der Waals surface area contributed by atoms with Crippen molar-refractivity contribution in [3.05, 3.63) is 5.82 Å². The second-order valence-electron chi connectivity index (χ2n) is 3.53. The summed E-state index contributed by atoms with van der Waals surface area (Å²) in [7, 11) is 3.01. The van der Waals surface area contributed by atoms with Crippen LogP contribution >= 0.6 is 0 Å². The van der Waals surface area contributed by atoms with Crippen molar-refractivity contribution in [2.45, 2.75) is 32.2 Å². The van der Waals surface area contributed by atoms with Gasteiger partial charge in [-0.1, -0.05) is 13.8 Å². The fourth-order valence-corrected chi connectivity index (χ4v) is 1.28. The molecule has 1 heterocycles. The van der Waals surface area contributed by atoms with Crippen molar-refractivity contribution < 1.29 is 9.47 Å². The Balaban J connectivity index is 3.02. The third-order valence-electron chi connectivity index (χ3n) is 2.50. The van der Waals surface area contributed by atoms with Gasteiger partial charge in [0.05, 0.1) is 14.2 Å². The average molecular weight is 226 g/mol. The zero-order chi connectivity index (χ0) is 12.1. The summed E-state index contributed by atoms with van der Waals surface area (Å²) in [6, 6.07) is 0.505. The highest BCUT2D eigenvalue weighted by Gasteiger charge is 2.18. The molecule has 2 unspecified atom stereocenters. The van der Waals surface area contributed by atoms with E-state index in [9.17, 15) is 0 Å². The van der Waals surface area contributed by atoms with Crippen LogP contribution in [-0.2, 0) is 0 Å². The van der Waals surface area contributed by atoms with Crippen LogP contribution in [0, 0.1) is 0 Å². The van der Waals surface area contributed by atoms with Gasteiger partial charge in [0.2, 0.25) is 0 Å². The molecule has 2 N–H and O–H groups in total. The molecule has 2 atom stereocenters. The van der Waals surface area contributed by atoms with E-state index in [2.05, 4.69) is 15.0 Å². The van der Waals surface area contributed by atoms with E-state index in [1.165, 1.54) is 14.2 Å². The molecule has 0 saturated heterocycles. The van der Waals surface area contributed by atoms with Crippen molar-refractivity contribution in [3.63, 3.8) is 0 Å². The van der Waals surface area contributed by atoms with Crippen molar-refractivity contribution in [3.8, 4) is 12.0 Å². The Morgan fingerprint density at radius 3 is 2.00 bits per heavy atom. The number of aromatic nitrogens is 3. The maximum atomic E-state index is 5.95. The molecule has 1 aromatic heterocycles. The Hall–Kier alpha value is -1.43. The van der Waals surface area contributed by atoms with Gasteiger partial charge in [-0.25, -0.2) is 0 Å². The number of rotatable bonds is 5. The average Bonchev–Trinajstić information content (AvgIpc) is 2.35. The summed E-state index contributed by atoms with van der Waals surface area (Å²) in [4.78, 5) is 12.3. The molecule has 6 nitrogen and oxygen atoms in total. The fourth-order valence-electron chi connectivity index (χ4n) is 1.28. The Kier molecular flexibility index (Phi) is 4.42. The van der Waals surface area contributed by atoms with Gasteiger partial charge < -0.3 is 15.2 Å². The number of nitrogens with two attached hydrogens (primary N) is 1. The predicted octanol–water partition coefficient (Wildman–Crippen LogP) is 0.730. The molecule has 0 aromatic carbocycles. The molecule has 0 aliphatic carbocycles.